The third-order valence-corrected chi connectivity index (χ3v) is 4.58. The Balaban J connectivity index is 1.73. The Hall–Kier alpha value is -2.82. The van der Waals surface area contributed by atoms with E-state index in [1.807, 2.05) is 63.2 Å². The van der Waals surface area contributed by atoms with Crippen molar-refractivity contribution in [1.29, 1.82) is 0 Å². The van der Waals surface area contributed by atoms with E-state index in [1.54, 1.807) is 4.90 Å². The second-order valence-electron chi connectivity index (χ2n) is 6.61. The minimum absolute atomic E-state index is 0.0183. The molecule has 1 N–H and O–H groups in total. The molecule has 1 heterocycles. The molecule has 3 rings (SSSR count). The molecule has 136 valence electrons. The largest absolute Gasteiger partial charge is 0.492 e. The highest BCUT2D eigenvalue weighted by Gasteiger charge is 2.35. The van der Waals surface area contributed by atoms with Gasteiger partial charge in [-0.3, -0.25) is 9.59 Å². The summed E-state index contributed by atoms with van der Waals surface area (Å²) in [6.07, 6.45) is 0.218. The smallest absolute Gasteiger partial charge is 0.229 e. The quantitative estimate of drug-likeness (QED) is 0.893. The molecule has 5 nitrogen and oxygen atoms in total. The molecule has 0 aromatic heterocycles. The number of aryl methyl sites for hydroxylation is 2. The van der Waals surface area contributed by atoms with Crippen LogP contribution in [0.4, 0.5) is 11.4 Å². The lowest BCUT2D eigenvalue weighted by Gasteiger charge is -2.19. The highest BCUT2D eigenvalue weighted by molar-refractivity contribution is 6.04. The fourth-order valence-corrected chi connectivity index (χ4v) is 3.31. The van der Waals surface area contributed by atoms with E-state index in [-0.39, 0.29) is 24.2 Å². The highest BCUT2D eigenvalue weighted by atomic mass is 16.5. The maximum absolute atomic E-state index is 12.7. The summed E-state index contributed by atoms with van der Waals surface area (Å²) in [6, 6.07) is 13.3. The molecule has 2 amide bonds. The maximum atomic E-state index is 12.7. The van der Waals surface area contributed by atoms with Crippen molar-refractivity contribution in [3.05, 3.63) is 53.6 Å². The molecule has 26 heavy (non-hydrogen) atoms. The standard InChI is InChI=1S/C21H24N2O3/c1-4-26-19-8-6-5-7-17(19)22-21(25)16-12-20(24)23(13-16)18-10-9-14(2)11-15(18)3/h5-11,16H,4,12-13H2,1-3H3,(H,22,25). The van der Waals surface area contributed by atoms with Gasteiger partial charge in [-0.1, -0.05) is 29.8 Å². The van der Waals surface area contributed by atoms with E-state index < -0.39 is 0 Å². The first kappa shape index (κ1) is 18.0. The summed E-state index contributed by atoms with van der Waals surface area (Å²) < 4.78 is 5.55. The molecule has 1 atom stereocenters. The van der Waals surface area contributed by atoms with Gasteiger partial charge in [-0.25, -0.2) is 0 Å². The van der Waals surface area contributed by atoms with Crippen molar-refractivity contribution < 1.29 is 14.3 Å². The van der Waals surface area contributed by atoms with Gasteiger partial charge >= 0.3 is 0 Å². The lowest BCUT2D eigenvalue weighted by Crippen LogP contribution is -2.28. The van der Waals surface area contributed by atoms with Crippen LogP contribution in [-0.4, -0.2) is 25.0 Å². The van der Waals surface area contributed by atoms with Gasteiger partial charge in [0.1, 0.15) is 5.75 Å². The van der Waals surface area contributed by atoms with Crippen molar-refractivity contribution >= 4 is 23.2 Å². The fraction of sp³-hybridized carbons (Fsp3) is 0.333. The van der Waals surface area contributed by atoms with Crippen molar-refractivity contribution in [2.24, 2.45) is 5.92 Å². The van der Waals surface area contributed by atoms with E-state index in [9.17, 15) is 9.59 Å². The van der Waals surface area contributed by atoms with E-state index >= 15 is 0 Å². The van der Waals surface area contributed by atoms with Crippen LogP contribution < -0.4 is 15.0 Å². The van der Waals surface area contributed by atoms with Crippen LogP contribution in [0.15, 0.2) is 42.5 Å². The Bertz CT molecular complexity index is 832. The summed E-state index contributed by atoms with van der Waals surface area (Å²) in [5.74, 6) is 0.0877. The summed E-state index contributed by atoms with van der Waals surface area (Å²) >= 11 is 0. The molecular formula is C21H24N2O3. The molecule has 1 saturated heterocycles. The Morgan fingerprint density at radius 1 is 1.23 bits per heavy atom. The van der Waals surface area contributed by atoms with Crippen LogP contribution in [0.5, 0.6) is 5.75 Å². The minimum Gasteiger partial charge on any atom is -0.492 e. The number of benzene rings is 2. The number of anilines is 2. The van der Waals surface area contributed by atoms with Gasteiger partial charge in [-0.05, 0) is 44.5 Å². The number of nitrogens with one attached hydrogen (secondary N) is 1. The zero-order valence-corrected chi connectivity index (χ0v) is 15.4. The minimum atomic E-state index is -0.377. The number of ether oxygens (including phenoxy) is 1. The monoisotopic (exact) mass is 352 g/mol. The summed E-state index contributed by atoms with van der Waals surface area (Å²) in [5, 5.41) is 2.91. The van der Waals surface area contributed by atoms with E-state index in [2.05, 4.69) is 5.32 Å². The van der Waals surface area contributed by atoms with Crippen molar-refractivity contribution in [2.45, 2.75) is 27.2 Å². The van der Waals surface area contributed by atoms with Crippen LogP contribution in [0.25, 0.3) is 0 Å². The molecule has 2 aromatic carbocycles. The molecule has 1 aliphatic heterocycles. The number of carbonyl (C=O) groups excluding carboxylic acids is 2. The molecule has 5 heteroatoms. The van der Waals surface area contributed by atoms with Crippen LogP contribution >= 0.6 is 0 Å². The van der Waals surface area contributed by atoms with Crippen molar-refractivity contribution in [3.63, 3.8) is 0 Å². The summed E-state index contributed by atoms with van der Waals surface area (Å²) in [6.45, 7) is 6.83. The molecule has 0 bridgehead atoms. The van der Waals surface area contributed by atoms with Gasteiger partial charge in [-0.2, -0.15) is 0 Å². The van der Waals surface area contributed by atoms with E-state index in [0.717, 1.165) is 16.8 Å². The van der Waals surface area contributed by atoms with Gasteiger partial charge in [0.2, 0.25) is 11.8 Å². The van der Waals surface area contributed by atoms with E-state index in [0.29, 0.717) is 24.6 Å². The van der Waals surface area contributed by atoms with Gasteiger partial charge in [0.25, 0.3) is 0 Å². The molecule has 2 aromatic rings. The third kappa shape index (κ3) is 3.72. The Morgan fingerprint density at radius 3 is 2.73 bits per heavy atom. The number of amides is 2. The third-order valence-electron chi connectivity index (χ3n) is 4.58. The Kier molecular flexibility index (Phi) is 5.26. The normalized spacial score (nSPS) is 16.7. The van der Waals surface area contributed by atoms with Gasteiger partial charge in [0.15, 0.2) is 0 Å². The fourth-order valence-electron chi connectivity index (χ4n) is 3.31. The van der Waals surface area contributed by atoms with Crippen molar-refractivity contribution in [1.82, 2.24) is 0 Å². The van der Waals surface area contributed by atoms with Crippen LogP contribution in [0, 0.1) is 19.8 Å². The molecule has 1 unspecified atom stereocenters. The molecule has 0 aliphatic carbocycles. The zero-order valence-electron chi connectivity index (χ0n) is 15.4. The topological polar surface area (TPSA) is 58.6 Å². The predicted octanol–water partition coefficient (Wildman–Crippen LogP) is 3.69. The SMILES string of the molecule is CCOc1ccccc1NC(=O)C1CC(=O)N(c2ccc(C)cc2C)C1. The molecule has 0 radical (unpaired) electrons. The van der Waals surface area contributed by atoms with Gasteiger partial charge in [-0.15, -0.1) is 0 Å². The second-order valence-corrected chi connectivity index (χ2v) is 6.61. The van der Waals surface area contributed by atoms with Crippen LogP contribution in [0.2, 0.25) is 0 Å². The van der Waals surface area contributed by atoms with Gasteiger partial charge < -0.3 is 15.0 Å². The number of carbonyl (C=O) groups is 2. The first-order valence-corrected chi connectivity index (χ1v) is 8.90. The molecular weight excluding hydrogens is 328 g/mol. The maximum Gasteiger partial charge on any atom is 0.229 e. The average Bonchev–Trinajstić information content (AvgIpc) is 2.99. The average molecular weight is 352 g/mol. The number of hydrogen-bond donors (Lipinski definition) is 1. The first-order chi connectivity index (χ1) is 12.5. The predicted molar refractivity (Wildman–Crippen MR) is 103 cm³/mol. The highest BCUT2D eigenvalue weighted by Crippen LogP contribution is 2.30. The van der Waals surface area contributed by atoms with Crippen LogP contribution in [0.1, 0.15) is 24.5 Å². The van der Waals surface area contributed by atoms with Crippen LogP contribution in [0.3, 0.4) is 0 Å². The summed E-state index contributed by atoms with van der Waals surface area (Å²) in [5.41, 5.74) is 3.71. The molecule has 0 saturated carbocycles. The van der Waals surface area contributed by atoms with E-state index in [1.165, 1.54) is 0 Å². The number of nitrogens with zero attached hydrogens (tertiary/aromatic N) is 1. The first-order valence-electron chi connectivity index (χ1n) is 8.90. The number of hydrogen-bond acceptors (Lipinski definition) is 3. The summed E-state index contributed by atoms with van der Waals surface area (Å²) in [4.78, 5) is 26.9. The zero-order chi connectivity index (χ0) is 18.7. The molecule has 1 aliphatic rings. The van der Waals surface area contributed by atoms with Gasteiger partial charge in [0, 0.05) is 18.7 Å². The van der Waals surface area contributed by atoms with E-state index in [4.69, 9.17) is 4.74 Å². The van der Waals surface area contributed by atoms with Crippen molar-refractivity contribution in [2.75, 3.05) is 23.4 Å². The number of para-hydroxylation sites is 2. The molecule has 1 fully saturated rings. The lowest BCUT2D eigenvalue weighted by atomic mass is 10.1. The lowest BCUT2D eigenvalue weighted by molar-refractivity contribution is -0.122. The van der Waals surface area contributed by atoms with Gasteiger partial charge in [0.05, 0.1) is 18.2 Å². The van der Waals surface area contributed by atoms with Crippen LogP contribution in [-0.2, 0) is 9.59 Å². The molecule has 0 spiro atoms. The van der Waals surface area contributed by atoms with Crippen molar-refractivity contribution in [3.8, 4) is 5.75 Å². The second kappa shape index (κ2) is 7.60. The number of rotatable bonds is 5. The summed E-state index contributed by atoms with van der Waals surface area (Å²) in [7, 11) is 0. The Labute approximate surface area is 154 Å². The Morgan fingerprint density at radius 2 is 2.00 bits per heavy atom.